The van der Waals surface area contributed by atoms with Crippen molar-refractivity contribution in [1.82, 2.24) is 0 Å². The van der Waals surface area contributed by atoms with Crippen LogP contribution in [-0.4, -0.2) is 18.4 Å². The summed E-state index contributed by atoms with van der Waals surface area (Å²) in [4.78, 5) is 24.9. The molecule has 2 aromatic carbocycles. The van der Waals surface area contributed by atoms with Crippen molar-refractivity contribution >= 4 is 40.6 Å². The topological polar surface area (TPSA) is 91.2 Å². The molecule has 0 fully saturated rings. The Balaban J connectivity index is 1.57. The molecule has 1 aromatic heterocycles. The van der Waals surface area contributed by atoms with Crippen molar-refractivity contribution < 1.29 is 14.3 Å². The summed E-state index contributed by atoms with van der Waals surface area (Å²) in [5.41, 5.74) is 1.99. The van der Waals surface area contributed by atoms with E-state index in [-0.39, 0.29) is 18.4 Å². The van der Waals surface area contributed by atoms with Crippen LogP contribution in [0.2, 0.25) is 0 Å². The number of nitrogens with one attached hydrogen (secondary N) is 2. The van der Waals surface area contributed by atoms with Crippen molar-refractivity contribution in [3.05, 3.63) is 82.6 Å². The number of amides is 2. The van der Waals surface area contributed by atoms with Crippen LogP contribution in [-0.2, 0) is 4.79 Å². The Morgan fingerprint density at radius 3 is 2.48 bits per heavy atom. The first-order chi connectivity index (χ1) is 14.1. The third kappa shape index (κ3) is 6.06. The maximum Gasteiger partial charge on any atom is 0.265 e. The van der Waals surface area contributed by atoms with E-state index in [4.69, 9.17) is 10.00 Å². The van der Waals surface area contributed by atoms with E-state index < -0.39 is 0 Å². The Morgan fingerprint density at radius 1 is 1.03 bits per heavy atom. The van der Waals surface area contributed by atoms with E-state index in [0.717, 1.165) is 5.56 Å². The summed E-state index contributed by atoms with van der Waals surface area (Å²) in [5, 5.41) is 15.9. The van der Waals surface area contributed by atoms with Gasteiger partial charge in [-0.1, -0.05) is 24.3 Å². The Morgan fingerprint density at radius 2 is 1.79 bits per heavy atom. The Hall–Kier alpha value is -3.89. The molecule has 6 nitrogen and oxygen atoms in total. The highest BCUT2D eigenvalue weighted by Gasteiger charge is 2.07. The predicted octanol–water partition coefficient (Wildman–Crippen LogP) is 4.55. The molecule has 0 aliphatic carbocycles. The zero-order valence-electron chi connectivity index (χ0n) is 15.3. The lowest BCUT2D eigenvalue weighted by molar-refractivity contribution is -0.111. The van der Waals surface area contributed by atoms with Gasteiger partial charge in [0.15, 0.2) is 6.61 Å². The van der Waals surface area contributed by atoms with Crippen molar-refractivity contribution in [3.8, 4) is 11.8 Å². The van der Waals surface area contributed by atoms with Gasteiger partial charge in [-0.15, -0.1) is 11.3 Å². The second-order valence-electron chi connectivity index (χ2n) is 5.85. The molecule has 1 heterocycles. The van der Waals surface area contributed by atoms with Gasteiger partial charge >= 0.3 is 0 Å². The number of carbonyl (C=O) groups excluding carboxylic acids is 2. The molecule has 0 atom stereocenters. The molecular weight excluding hydrogens is 386 g/mol. The number of anilines is 2. The van der Waals surface area contributed by atoms with Crippen molar-refractivity contribution in [2.24, 2.45) is 0 Å². The average Bonchev–Trinajstić information content (AvgIpc) is 3.27. The molecule has 2 amide bonds. The number of rotatable bonds is 7. The number of hydrogen-bond donors (Lipinski definition) is 2. The molecule has 0 aliphatic rings. The van der Waals surface area contributed by atoms with Crippen LogP contribution in [0.5, 0.6) is 5.75 Å². The van der Waals surface area contributed by atoms with Crippen LogP contribution in [0, 0.1) is 11.3 Å². The molecule has 0 bridgehead atoms. The molecule has 0 radical (unpaired) electrons. The SMILES string of the molecule is N#CCOc1ccc(/C=C/C(=O)Nc2cccc(NC(=O)c3cccs3)c2)cc1. The van der Waals surface area contributed by atoms with Gasteiger partial charge in [0.2, 0.25) is 5.91 Å². The molecule has 2 N–H and O–H groups in total. The summed E-state index contributed by atoms with van der Waals surface area (Å²) in [6, 6.07) is 19.5. The Bertz CT molecular complexity index is 1050. The molecule has 0 spiro atoms. The number of thiophene rings is 1. The maximum atomic E-state index is 12.2. The van der Waals surface area contributed by atoms with Crippen LogP contribution in [0.15, 0.2) is 72.1 Å². The second kappa shape index (κ2) is 9.88. The average molecular weight is 403 g/mol. The summed E-state index contributed by atoms with van der Waals surface area (Å²) < 4.78 is 5.18. The highest BCUT2D eigenvalue weighted by atomic mass is 32.1. The lowest BCUT2D eigenvalue weighted by Gasteiger charge is -2.07. The fourth-order valence-corrected chi connectivity index (χ4v) is 3.04. The number of hydrogen-bond acceptors (Lipinski definition) is 5. The number of carbonyl (C=O) groups is 2. The monoisotopic (exact) mass is 403 g/mol. The van der Waals surface area contributed by atoms with Crippen LogP contribution in [0.1, 0.15) is 15.2 Å². The standard InChI is InChI=1S/C22H17N3O3S/c23-12-13-28-19-9-6-16(7-10-19)8-11-21(26)24-17-3-1-4-18(15-17)25-22(27)20-5-2-14-29-20/h1-11,14-15H,13H2,(H,24,26)(H,25,27)/b11-8+. The van der Waals surface area contributed by atoms with Crippen molar-refractivity contribution in [1.29, 1.82) is 5.26 Å². The lowest BCUT2D eigenvalue weighted by Crippen LogP contribution is -2.11. The van der Waals surface area contributed by atoms with E-state index in [0.29, 0.717) is 22.0 Å². The molecule has 0 unspecified atom stereocenters. The molecule has 144 valence electrons. The van der Waals surface area contributed by atoms with E-state index in [1.807, 2.05) is 17.5 Å². The fourth-order valence-electron chi connectivity index (χ4n) is 2.42. The molecule has 0 saturated carbocycles. The van der Waals surface area contributed by atoms with Crippen LogP contribution in [0.4, 0.5) is 11.4 Å². The van der Waals surface area contributed by atoms with Gasteiger partial charge in [-0.2, -0.15) is 5.26 Å². The molecule has 29 heavy (non-hydrogen) atoms. The van der Waals surface area contributed by atoms with E-state index in [9.17, 15) is 9.59 Å². The predicted molar refractivity (Wildman–Crippen MR) is 114 cm³/mol. The van der Waals surface area contributed by atoms with Gasteiger partial charge in [-0.3, -0.25) is 9.59 Å². The minimum absolute atomic E-state index is 0.00949. The first kappa shape index (κ1) is 19.9. The van der Waals surface area contributed by atoms with E-state index >= 15 is 0 Å². The normalized spacial score (nSPS) is 10.3. The molecule has 0 aliphatic heterocycles. The zero-order valence-corrected chi connectivity index (χ0v) is 16.1. The van der Waals surface area contributed by atoms with Crippen molar-refractivity contribution in [3.63, 3.8) is 0 Å². The maximum absolute atomic E-state index is 12.2. The number of nitrogens with zero attached hydrogens (tertiary/aromatic N) is 1. The number of nitriles is 1. The van der Waals surface area contributed by atoms with Gasteiger partial charge in [-0.05, 0) is 53.4 Å². The smallest absolute Gasteiger partial charge is 0.265 e. The van der Waals surface area contributed by atoms with Crippen LogP contribution in [0.3, 0.4) is 0 Å². The quantitative estimate of drug-likeness (QED) is 0.566. The summed E-state index contributed by atoms with van der Waals surface area (Å²) in [7, 11) is 0. The van der Waals surface area contributed by atoms with Crippen molar-refractivity contribution in [2.45, 2.75) is 0 Å². The zero-order chi connectivity index (χ0) is 20.5. The van der Waals surface area contributed by atoms with E-state index in [1.165, 1.54) is 17.4 Å². The Labute approximate surface area is 172 Å². The summed E-state index contributed by atoms with van der Waals surface area (Å²) in [5.74, 6) is 0.108. The lowest BCUT2D eigenvalue weighted by atomic mass is 10.2. The van der Waals surface area contributed by atoms with Gasteiger partial charge in [0.25, 0.3) is 5.91 Å². The molecule has 7 heteroatoms. The third-order valence-electron chi connectivity index (χ3n) is 3.74. The summed E-state index contributed by atoms with van der Waals surface area (Å²) in [6.45, 7) is -0.00949. The first-order valence-corrected chi connectivity index (χ1v) is 9.56. The number of benzene rings is 2. The van der Waals surface area contributed by atoms with Crippen molar-refractivity contribution in [2.75, 3.05) is 17.2 Å². The van der Waals surface area contributed by atoms with Gasteiger partial charge in [0, 0.05) is 17.5 Å². The van der Waals surface area contributed by atoms with Gasteiger partial charge in [0.05, 0.1) is 4.88 Å². The van der Waals surface area contributed by atoms with Crippen LogP contribution >= 0.6 is 11.3 Å². The second-order valence-corrected chi connectivity index (χ2v) is 6.80. The molecule has 3 aromatic rings. The molecule has 0 saturated heterocycles. The van der Waals surface area contributed by atoms with E-state index in [1.54, 1.807) is 60.7 Å². The number of ether oxygens (including phenoxy) is 1. The van der Waals surface area contributed by atoms with Gasteiger partial charge in [0.1, 0.15) is 11.8 Å². The minimum atomic E-state index is -0.295. The van der Waals surface area contributed by atoms with Crippen LogP contribution < -0.4 is 15.4 Å². The largest absolute Gasteiger partial charge is 0.479 e. The highest BCUT2D eigenvalue weighted by molar-refractivity contribution is 7.12. The van der Waals surface area contributed by atoms with Crippen LogP contribution in [0.25, 0.3) is 6.08 Å². The molecule has 3 rings (SSSR count). The minimum Gasteiger partial charge on any atom is -0.479 e. The van der Waals surface area contributed by atoms with E-state index in [2.05, 4.69) is 10.6 Å². The van der Waals surface area contributed by atoms with Gasteiger partial charge in [-0.25, -0.2) is 0 Å². The third-order valence-corrected chi connectivity index (χ3v) is 4.61. The summed E-state index contributed by atoms with van der Waals surface area (Å²) in [6.07, 6.45) is 3.09. The summed E-state index contributed by atoms with van der Waals surface area (Å²) >= 11 is 1.36. The first-order valence-electron chi connectivity index (χ1n) is 8.68. The molecular formula is C22H17N3O3S. The Kier molecular flexibility index (Phi) is 6.76. The fraction of sp³-hybridized carbons (Fsp3) is 0.0455. The highest BCUT2D eigenvalue weighted by Crippen LogP contribution is 2.18. The van der Waals surface area contributed by atoms with Gasteiger partial charge < -0.3 is 15.4 Å².